The minimum absolute atomic E-state index is 0.152. The first-order valence-corrected chi connectivity index (χ1v) is 6.66. The van der Waals surface area contributed by atoms with Gasteiger partial charge in [0.1, 0.15) is 0 Å². The van der Waals surface area contributed by atoms with E-state index in [-0.39, 0.29) is 18.7 Å². The molecular weight excluding hydrogens is 240 g/mol. The number of hydrogen-bond donors (Lipinski definition) is 0. The summed E-state index contributed by atoms with van der Waals surface area (Å²) >= 11 is 0. The molecule has 0 aliphatic carbocycles. The van der Waals surface area contributed by atoms with E-state index in [1.807, 2.05) is 30.3 Å². The summed E-state index contributed by atoms with van der Waals surface area (Å²) in [5, 5.41) is 0. The van der Waals surface area contributed by atoms with E-state index in [4.69, 9.17) is 9.47 Å². The van der Waals surface area contributed by atoms with E-state index in [1.165, 1.54) is 0 Å². The van der Waals surface area contributed by atoms with Crippen LogP contribution >= 0.6 is 0 Å². The zero-order valence-electron chi connectivity index (χ0n) is 10.9. The molecule has 1 saturated heterocycles. The van der Waals surface area contributed by atoms with Gasteiger partial charge in [0.05, 0.1) is 6.10 Å². The smallest absolute Gasteiger partial charge is 0.306 e. The van der Waals surface area contributed by atoms with Gasteiger partial charge in [0.2, 0.25) is 0 Å². The zero-order chi connectivity index (χ0) is 13.3. The first-order valence-electron chi connectivity index (χ1n) is 6.66. The van der Waals surface area contributed by atoms with Crippen LogP contribution in [0.1, 0.15) is 31.2 Å². The molecule has 0 aromatic heterocycles. The number of carbonyl (C=O) groups excluding carboxylic acids is 1. The SMILES string of the molecule is O=C(CCC1CCCO1)OCC#Cc1ccccc1. The minimum Gasteiger partial charge on any atom is -0.452 e. The molecule has 1 fully saturated rings. The summed E-state index contributed by atoms with van der Waals surface area (Å²) in [6.07, 6.45) is 3.56. The van der Waals surface area contributed by atoms with Crippen molar-refractivity contribution >= 4 is 5.97 Å². The Balaban J connectivity index is 1.62. The van der Waals surface area contributed by atoms with Crippen molar-refractivity contribution in [3.05, 3.63) is 35.9 Å². The molecule has 19 heavy (non-hydrogen) atoms. The average molecular weight is 258 g/mol. The minimum atomic E-state index is -0.196. The maximum atomic E-state index is 11.5. The number of hydrogen-bond acceptors (Lipinski definition) is 3. The molecule has 0 bridgehead atoms. The molecule has 0 radical (unpaired) electrons. The fourth-order valence-corrected chi connectivity index (χ4v) is 2.00. The number of rotatable bonds is 4. The Bertz CT molecular complexity index is 450. The Hall–Kier alpha value is -1.79. The molecule has 1 aliphatic rings. The van der Waals surface area contributed by atoms with E-state index in [0.717, 1.165) is 31.4 Å². The molecule has 0 saturated carbocycles. The van der Waals surface area contributed by atoms with Crippen LogP contribution in [0.3, 0.4) is 0 Å². The average Bonchev–Trinajstić information content (AvgIpc) is 2.96. The molecule has 3 heteroatoms. The van der Waals surface area contributed by atoms with Gasteiger partial charge in [-0.2, -0.15) is 0 Å². The Morgan fingerprint density at radius 3 is 2.95 bits per heavy atom. The first-order chi connectivity index (χ1) is 9.34. The second-order valence-electron chi connectivity index (χ2n) is 4.50. The van der Waals surface area contributed by atoms with Crippen LogP contribution in [0.5, 0.6) is 0 Å². The third kappa shape index (κ3) is 5.15. The van der Waals surface area contributed by atoms with Crippen molar-refractivity contribution in [3.63, 3.8) is 0 Å². The second kappa shape index (κ2) is 7.60. The lowest BCUT2D eigenvalue weighted by atomic mass is 10.1. The van der Waals surface area contributed by atoms with Gasteiger partial charge < -0.3 is 9.47 Å². The lowest BCUT2D eigenvalue weighted by Crippen LogP contribution is -2.11. The van der Waals surface area contributed by atoms with E-state index in [1.54, 1.807) is 0 Å². The molecule has 100 valence electrons. The third-order valence-electron chi connectivity index (χ3n) is 3.01. The van der Waals surface area contributed by atoms with Crippen molar-refractivity contribution in [1.29, 1.82) is 0 Å². The molecule has 0 amide bonds. The first kappa shape index (κ1) is 13.6. The molecular formula is C16H18O3. The quantitative estimate of drug-likeness (QED) is 0.615. The van der Waals surface area contributed by atoms with E-state index in [9.17, 15) is 4.79 Å². The Morgan fingerprint density at radius 1 is 1.37 bits per heavy atom. The van der Waals surface area contributed by atoms with E-state index in [0.29, 0.717) is 6.42 Å². The maximum Gasteiger partial charge on any atom is 0.306 e. The summed E-state index contributed by atoms with van der Waals surface area (Å²) in [4.78, 5) is 11.5. The highest BCUT2D eigenvalue weighted by atomic mass is 16.5. The summed E-state index contributed by atoms with van der Waals surface area (Å²) < 4.78 is 10.5. The lowest BCUT2D eigenvalue weighted by molar-refractivity contribution is -0.142. The molecule has 1 aromatic rings. The van der Waals surface area contributed by atoms with Crippen LogP contribution in [0.25, 0.3) is 0 Å². The van der Waals surface area contributed by atoms with Gasteiger partial charge in [0.15, 0.2) is 6.61 Å². The summed E-state index contributed by atoms with van der Waals surface area (Å²) in [6, 6.07) is 9.64. The molecule has 2 rings (SSSR count). The second-order valence-corrected chi connectivity index (χ2v) is 4.50. The van der Waals surface area contributed by atoms with E-state index in [2.05, 4.69) is 11.8 Å². The highest BCUT2D eigenvalue weighted by molar-refractivity contribution is 5.69. The predicted octanol–water partition coefficient (Wildman–Crippen LogP) is 2.54. The van der Waals surface area contributed by atoms with Crippen LogP contribution in [-0.4, -0.2) is 25.3 Å². The van der Waals surface area contributed by atoms with Gasteiger partial charge in [0.25, 0.3) is 0 Å². The maximum absolute atomic E-state index is 11.5. The zero-order valence-corrected chi connectivity index (χ0v) is 10.9. The number of ether oxygens (including phenoxy) is 2. The van der Waals surface area contributed by atoms with Gasteiger partial charge in [-0.3, -0.25) is 4.79 Å². The van der Waals surface area contributed by atoms with Crippen LogP contribution in [0.4, 0.5) is 0 Å². The van der Waals surface area contributed by atoms with Crippen LogP contribution in [-0.2, 0) is 14.3 Å². The summed E-state index contributed by atoms with van der Waals surface area (Å²) in [5.74, 6) is 5.59. The summed E-state index contributed by atoms with van der Waals surface area (Å²) in [5.41, 5.74) is 0.929. The van der Waals surface area contributed by atoms with Crippen molar-refractivity contribution in [1.82, 2.24) is 0 Å². The van der Waals surface area contributed by atoms with Crippen molar-refractivity contribution in [2.24, 2.45) is 0 Å². The molecule has 1 aliphatic heterocycles. The normalized spacial score (nSPS) is 17.6. The van der Waals surface area contributed by atoms with Crippen LogP contribution in [0.2, 0.25) is 0 Å². The van der Waals surface area contributed by atoms with Crippen molar-refractivity contribution < 1.29 is 14.3 Å². The van der Waals surface area contributed by atoms with E-state index >= 15 is 0 Å². The van der Waals surface area contributed by atoms with Crippen molar-refractivity contribution in [2.75, 3.05) is 13.2 Å². The van der Waals surface area contributed by atoms with Crippen LogP contribution in [0, 0.1) is 11.8 Å². The van der Waals surface area contributed by atoms with Gasteiger partial charge in [0, 0.05) is 18.6 Å². The van der Waals surface area contributed by atoms with Gasteiger partial charge in [-0.15, -0.1) is 0 Å². The van der Waals surface area contributed by atoms with Gasteiger partial charge in [-0.05, 0) is 31.4 Å². The van der Waals surface area contributed by atoms with Gasteiger partial charge in [-0.25, -0.2) is 0 Å². The summed E-state index contributed by atoms with van der Waals surface area (Å²) in [6.45, 7) is 0.974. The molecule has 1 heterocycles. The van der Waals surface area contributed by atoms with Crippen molar-refractivity contribution in [2.45, 2.75) is 31.8 Å². The standard InChI is InChI=1S/C16H18O3/c17-16(11-10-15-9-5-12-18-15)19-13-4-8-14-6-2-1-3-7-14/h1-3,6-7,15H,5,9-13H2. The molecule has 0 N–H and O–H groups in total. The highest BCUT2D eigenvalue weighted by Gasteiger charge is 2.16. The molecule has 1 atom stereocenters. The fourth-order valence-electron chi connectivity index (χ4n) is 2.00. The predicted molar refractivity (Wildman–Crippen MR) is 72.5 cm³/mol. The van der Waals surface area contributed by atoms with Crippen molar-refractivity contribution in [3.8, 4) is 11.8 Å². The monoisotopic (exact) mass is 258 g/mol. The lowest BCUT2D eigenvalue weighted by Gasteiger charge is -2.07. The van der Waals surface area contributed by atoms with E-state index < -0.39 is 0 Å². The summed E-state index contributed by atoms with van der Waals surface area (Å²) in [7, 11) is 0. The van der Waals surface area contributed by atoms with Crippen LogP contribution < -0.4 is 0 Å². The van der Waals surface area contributed by atoms with Gasteiger partial charge >= 0.3 is 5.97 Å². The molecule has 1 aromatic carbocycles. The number of esters is 1. The topological polar surface area (TPSA) is 35.5 Å². The molecule has 0 spiro atoms. The molecule has 3 nitrogen and oxygen atoms in total. The Morgan fingerprint density at radius 2 is 2.21 bits per heavy atom. The fraction of sp³-hybridized carbons (Fsp3) is 0.438. The third-order valence-corrected chi connectivity index (χ3v) is 3.01. The Kier molecular flexibility index (Phi) is 5.46. The number of benzene rings is 1. The largest absolute Gasteiger partial charge is 0.452 e. The highest BCUT2D eigenvalue weighted by Crippen LogP contribution is 2.16. The number of carbonyl (C=O) groups is 1. The molecule has 1 unspecified atom stereocenters. The Labute approximate surface area is 113 Å². The van der Waals surface area contributed by atoms with Crippen LogP contribution in [0.15, 0.2) is 30.3 Å². The van der Waals surface area contributed by atoms with Gasteiger partial charge in [-0.1, -0.05) is 30.0 Å².